The van der Waals surface area contributed by atoms with Gasteiger partial charge in [-0.1, -0.05) is 70.5 Å². The molecule has 6 rings (SSSR count). The number of halogens is 1. The largest absolute Gasteiger partial charge is 0.386 e. The van der Waals surface area contributed by atoms with Gasteiger partial charge in [-0.3, -0.25) is 14.4 Å². The van der Waals surface area contributed by atoms with Gasteiger partial charge in [-0.05, 0) is 66.2 Å². The second-order valence-electron chi connectivity index (χ2n) is 10.9. The molecule has 0 aliphatic carbocycles. The Balaban J connectivity index is 1.33. The van der Waals surface area contributed by atoms with E-state index in [1.165, 1.54) is 12.1 Å². The Morgan fingerprint density at radius 1 is 0.822 bits per heavy atom. The van der Waals surface area contributed by atoms with Gasteiger partial charge in [0.05, 0.1) is 28.6 Å². The molecule has 2 amide bonds. The quantitative estimate of drug-likeness (QED) is 0.152. The van der Waals surface area contributed by atoms with Crippen molar-refractivity contribution in [3.8, 4) is 0 Å². The van der Waals surface area contributed by atoms with Gasteiger partial charge in [-0.15, -0.1) is 0 Å². The smallest absolute Gasteiger partial charge is 0.254 e. The first-order valence-electron chi connectivity index (χ1n) is 14.1. The number of carbonyl (C=O) groups is 3. The number of imide groups is 1. The molecular weight excluding hydrogens is 658 g/mol. The molecule has 4 aromatic rings. The van der Waals surface area contributed by atoms with Crippen molar-refractivity contribution in [1.82, 2.24) is 5.01 Å². The predicted molar refractivity (Wildman–Crippen MR) is 173 cm³/mol. The average molecular weight is 687 g/mol. The van der Waals surface area contributed by atoms with E-state index >= 15 is 0 Å². The summed E-state index contributed by atoms with van der Waals surface area (Å²) in [6, 6.07) is 26.5. The van der Waals surface area contributed by atoms with Gasteiger partial charge in [-0.2, -0.15) is 0 Å². The summed E-state index contributed by atoms with van der Waals surface area (Å²) < 4.78 is 24.8. The molecule has 4 aromatic carbocycles. The second kappa shape index (κ2) is 12.2. The van der Waals surface area contributed by atoms with Crippen molar-refractivity contribution >= 4 is 54.7 Å². The number of sulfone groups is 1. The van der Waals surface area contributed by atoms with Crippen LogP contribution in [-0.4, -0.2) is 54.5 Å². The van der Waals surface area contributed by atoms with Crippen LogP contribution < -0.4 is 10.3 Å². The lowest BCUT2D eigenvalue weighted by atomic mass is 9.90. The van der Waals surface area contributed by atoms with E-state index in [0.717, 1.165) is 15.6 Å². The zero-order chi connectivity index (χ0) is 31.9. The van der Waals surface area contributed by atoms with E-state index in [4.69, 9.17) is 0 Å². The van der Waals surface area contributed by atoms with E-state index in [1.807, 2.05) is 6.07 Å². The van der Waals surface area contributed by atoms with Gasteiger partial charge in [-0.25, -0.2) is 18.3 Å². The molecule has 228 valence electrons. The molecule has 2 aliphatic heterocycles. The Kier molecular flexibility index (Phi) is 8.27. The van der Waals surface area contributed by atoms with Crippen molar-refractivity contribution in [2.45, 2.75) is 23.1 Å². The van der Waals surface area contributed by atoms with Crippen molar-refractivity contribution in [3.05, 3.63) is 136 Å². The van der Waals surface area contributed by atoms with Gasteiger partial charge in [0, 0.05) is 27.5 Å². The van der Waals surface area contributed by atoms with E-state index < -0.39 is 45.8 Å². The summed E-state index contributed by atoms with van der Waals surface area (Å²) in [5, 5.41) is 13.1. The third-order valence-electron chi connectivity index (χ3n) is 7.95. The van der Waals surface area contributed by atoms with Crippen LogP contribution in [-0.2, 0) is 19.4 Å². The van der Waals surface area contributed by atoms with Gasteiger partial charge >= 0.3 is 0 Å². The Labute approximate surface area is 268 Å². The zero-order valence-electron chi connectivity index (χ0n) is 23.9. The standard InChI is InChI=1S/C34H28BrN3O6S/c1-45(43,44)27-17-13-25(14-18-27)36-38-29(32(40)23-7-11-24(35)12-8-23)20-19-28-30(38)34(42)37(33(28)41)26-15-9-22(10-16-26)31(39)21-5-3-2-4-6-21/h2-20,28-30,32,36,40H,1H3/t28-,29-,30+,32-/m1/s1. The maximum atomic E-state index is 14.1. The SMILES string of the molecule is CS(=O)(=O)c1ccc(NN2[C@@H]([C@H](O)c3ccc(Br)cc3)C=C[C@H]3C(=O)N(c4ccc(C(=O)c5ccccc5)cc4)C(=O)[C@H]32)cc1. The fraction of sp³-hybridized carbons (Fsp3) is 0.147. The van der Waals surface area contributed by atoms with E-state index in [-0.39, 0.29) is 10.7 Å². The van der Waals surface area contributed by atoms with Crippen molar-refractivity contribution in [3.63, 3.8) is 0 Å². The lowest BCUT2D eigenvalue weighted by Gasteiger charge is -2.40. The minimum Gasteiger partial charge on any atom is -0.386 e. The topological polar surface area (TPSA) is 124 Å². The molecule has 0 bridgehead atoms. The number of benzene rings is 4. The molecule has 2 aliphatic rings. The number of aliphatic hydroxyl groups excluding tert-OH is 1. The number of fused-ring (bicyclic) bond motifs is 1. The molecule has 1 saturated heterocycles. The maximum absolute atomic E-state index is 14.1. The summed E-state index contributed by atoms with van der Waals surface area (Å²) in [5.41, 5.74) is 5.50. The third kappa shape index (κ3) is 5.99. The van der Waals surface area contributed by atoms with Crippen LogP contribution in [0.15, 0.2) is 125 Å². The highest BCUT2D eigenvalue weighted by Crippen LogP contribution is 2.38. The summed E-state index contributed by atoms with van der Waals surface area (Å²) in [4.78, 5) is 41.9. The summed E-state index contributed by atoms with van der Waals surface area (Å²) in [6.07, 6.45) is 3.37. The van der Waals surface area contributed by atoms with Crippen LogP contribution >= 0.6 is 15.9 Å². The molecular formula is C34H28BrN3O6S. The van der Waals surface area contributed by atoms with Crippen molar-refractivity contribution in [2.75, 3.05) is 16.6 Å². The first-order valence-corrected chi connectivity index (χ1v) is 16.8. The molecule has 4 atom stereocenters. The van der Waals surface area contributed by atoms with Gasteiger partial charge in [0.15, 0.2) is 15.6 Å². The second-order valence-corrected chi connectivity index (χ2v) is 13.8. The number of aliphatic hydroxyl groups is 1. The summed E-state index contributed by atoms with van der Waals surface area (Å²) in [5.74, 6) is -2.00. The Morgan fingerprint density at radius 2 is 1.44 bits per heavy atom. The number of hydrazine groups is 1. The zero-order valence-corrected chi connectivity index (χ0v) is 26.4. The predicted octanol–water partition coefficient (Wildman–Crippen LogP) is 4.94. The molecule has 0 radical (unpaired) electrons. The fourth-order valence-electron chi connectivity index (χ4n) is 5.63. The Morgan fingerprint density at radius 3 is 2.07 bits per heavy atom. The minimum absolute atomic E-state index is 0.128. The van der Waals surface area contributed by atoms with Gasteiger partial charge in [0.1, 0.15) is 6.04 Å². The number of nitrogens with one attached hydrogen (secondary N) is 1. The highest BCUT2D eigenvalue weighted by atomic mass is 79.9. The van der Waals surface area contributed by atoms with E-state index in [1.54, 1.807) is 102 Å². The van der Waals surface area contributed by atoms with Crippen LogP contribution in [0.25, 0.3) is 0 Å². The van der Waals surface area contributed by atoms with Crippen LogP contribution in [0.5, 0.6) is 0 Å². The molecule has 2 N–H and O–H groups in total. The number of carbonyl (C=O) groups excluding carboxylic acids is 3. The first kappa shape index (κ1) is 30.6. The van der Waals surface area contributed by atoms with Crippen molar-refractivity contribution in [1.29, 1.82) is 0 Å². The normalized spacial score (nSPS) is 20.6. The summed E-state index contributed by atoms with van der Waals surface area (Å²) in [7, 11) is -3.43. The lowest BCUT2D eigenvalue weighted by Crippen LogP contribution is -2.55. The van der Waals surface area contributed by atoms with Crippen LogP contribution in [0.3, 0.4) is 0 Å². The highest BCUT2D eigenvalue weighted by molar-refractivity contribution is 9.10. The lowest BCUT2D eigenvalue weighted by molar-refractivity contribution is -0.123. The number of hydrogen-bond acceptors (Lipinski definition) is 8. The minimum atomic E-state index is -3.43. The van der Waals surface area contributed by atoms with Crippen LogP contribution in [0.2, 0.25) is 0 Å². The molecule has 45 heavy (non-hydrogen) atoms. The number of ketones is 1. The number of amides is 2. The third-order valence-corrected chi connectivity index (χ3v) is 9.61. The summed E-state index contributed by atoms with van der Waals surface area (Å²) >= 11 is 3.40. The van der Waals surface area contributed by atoms with E-state index in [2.05, 4.69) is 21.4 Å². The number of rotatable bonds is 8. The van der Waals surface area contributed by atoms with Crippen molar-refractivity contribution in [2.24, 2.45) is 5.92 Å². The van der Waals surface area contributed by atoms with E-state index in [9.17, 15) is 27.9 Å². The number of anilines is 2. The Hall–Kier alpha value is -4.42. The molecule has 1 fully saturated rings. The first-order chi connectivity index (χ1) is 21.5. The van der Waals surface area contributed by atoms with Crippen LogP contribution in [0, 0.1) is 5.92 Å². The van der Waals surface area contributed by atoms with Crippen molar-refractivity contribution < 1.29 is 27.9 Å². The molecule has 11 heteroatoms. The molecule has 2 heterocycles. The van der Waals surface area contributed by atoms with E-state index in [0.29, 0.717) is 28.1 Å². The molecule has 9 nitrogen and oxygen atoms in total. The molecule has 0 unspecified atom stereocenters. The molecule has 0 aromatic heterocycles. The number of hydrogen-bond donors (Lipinski definition) is 2. The van der Waals surface area contributed by atoms with Gasteiger partial charge in [0.25, 0.3) is 5.91 Å². The van der Waals surface area contributed by atoms with Gasteiger partial charge in [0.2, 0.25) is 5.91 Å². The summed E-state index contributed by atoms with van der Waals surface area (Å²) in [6.45, 7) is 0. The average Bonchev–Trinajstić information content (AvgIpc) is 3.30. The fourth-order valence-corrected chi connectivity index (χ4v) is 6.52. The molecule has 0 saturated carbocycles. The monoisotopic (exact) mass is 685 g/mol. The van der Waals surface area contributed by atoms with Gasteiger partial charge < -0.3 is 10.5 Å². The maximum Gasteiger partial charge on any atom is 0.254 e. The van der Waals surface area contributed by atoms with Crippen LogP contribution in [0.4, 0.5) is 11.4 Å². The Bertz CT molecular complexity index is 1900. The molecule has 0 spiro atoms. The van der Waals surface area contributed by atoms with Crippen LogP contribution in [0.1, 0.15) is 27.6 Å². The highest BCUT2D eigenvalue weighted by Gasteiger charge is 2.54. The number of nitrogens with zero attached hydrogens (tertiary/aromatic N) is 2.